The molecule has 2 rings (SSSR count). The summed E-state index contributed by atoms with van der Waals surface area (Å²) in [6.07, 6.45) is -5.60. The first-order valence-electron chi connectivity index (χ1n) is 9.23. The van der Waals surface area contributed by atoms with Crippen molar-refractivity contribution in [3.05, 3.63) is 17.4 Å². The third kappa shape index (κ3) is 4.98. The Bertz CT molecular complexity index is 558. The van der Waals surface area contributed by atoms with E-state index in [4.69, 9.17) is 9.47 Å². The molecule has 1 saturated carbocycles. The van der Waals surface area contributed by atoms with Gasteiger partial charge in [0.2, 0.25) is 0 Å². The minimum atomic E-state index is -1.50. The molecule has 6 N–H and O–H groups in total. The standard InChI is InChI=1S/C19H32O8/c1-10(26-17-16(24)15(23)14(22)12(9-20)27-17)5-6-13-18(2,3)7-11(21)8-19(13,4)25/h5,10-12,14-17,20-25H,7-9H2,1-4H3/t6?,10-,11+,12-,14-,15+,16-,17-,19-/m1/s1. The Kier molecular flexibility index (Phi) is 6.90. The van der Waals surface area contributed by atoms with Crippen LogP contribution in [0.15, 0.2) is 17.4 Å². The van der Waals surface area contributed by atoms with Crippen molar-refractivity contribution in [1.29, 1.82) is 0 Å². The average Bonchev–Trinajstić information content (AvgIpc) is 2.52. The van der Waals surface area contributed by atoms with Crippen LogP contribution in [0.25, 0.3) is 0 Å². The van der Waals surface area contributed by atoms with Crippen LogP contribution < -0.4 is 0 Å². The van der Waals surface area contributed by atoms with Gasteiger partial charge in [0.25, 0.3) is 0 Å². The first-order valence-corrected chi connectivity index (χ1v) is 9.23. The lowest BCUT2D eigenvalue weighted by atomic mass is 9.65. The van der Waals surface area contributed by atoms with E-state index in [2.05, 4.69) is 5.73 Å². The summed E-state index contributed by atoms with van der Waals surface area (Å²) >= 11 is 0. The molecule has 0 spiro atoms. The second kappa shape index (κ2) is 8.29. The van der Waals surface area contributed by atoms with Crippen molar-refractivity contribution in [3.8, 4) is 0 Å². The van der Waals surface area contributed by atoms with Crippen LogP contribution in [0.5, 0.6) is 0 Å². The Morgan fingerprint density at radius 2 is 1.78 bits per heavy atom. The minimum Gasteiger partial charge on any atom is -0.394 e. The van der Waals surface area contributed by atoms with Gasteiger partial charge in [0.1, 0.15) is 24.4 Å². The lowest BCUT2D eigenvalue weighted by Gasteiger charge is -2.43. The Hall–Kier alpha value is -0.800. The number of hydrogen-bond donors (Lipinski definition) is 6. The van der Waals surface area contributed by atoms with Gasteiger partial charge in [-0.25, -0.2) is 0 Å². The fraction of sp³-hybridized carbons (Fsp3) is 0.842. The Morgan fingerprint density at radius 1 is 1.15 bits per heavy atom. The molecule has 8 atom stereocenters. The highest BCUT2D eigenvalue weighted by molar-refractivity contribution is 5.26. The van der Waals surface area contributed by atoms with Gasteiger partial charge < -0.3 is 40.1 Å². The fourth-order valence-corrected chi connectivity index (χ4v) is 4.04. The van der Waals surface area contributed by atoms with E-state index in [9.17, 15) is 30.6 Å². The van der Waals surface area contributed by atoms with Gasteiger partial charge in [0.05, 0.1) is 24.4 Å². The maximum absolute atomic E-state index is 10.7. The van der Waals surface area contributed by atoms with Crippen molar-refractivity contribution >= 4 is 0 Å². The minimum absolute atomic E-state index is 0.217. The molecule has 1 aliphatic carbocycles. The summed E-state index contributed by atoms with van der Waals surface area (Å²) in [5.41, 5.74) is 2.06. The normalized spacial score (nSPS) is 43.1. The summed E-state index contributed by atoms with van der Waals surface area (Å²) in [7, 11) is 0. The highest BCUT2D eigenvalue weighted by atomic mass is 16.7. The number of ether oxygens (including phenoxy) is 2. The van der Waals surface area contributed by atoms with Gasteiger partial charge in [-0.1, -0.05) is 13.8 Å². The average molecular weight is 388 g/mol. The van der Waals surface area contributed by atoms with E-state index in [0.29, 0.717) is 12.0 Å². The molecule has 0 amide bonds. The third-order valence-corrected chi connectivity index (χ3v) is 5.25. The van der Waals surface area contributed by atoms with E-state index in [1.807, 2.05) is 13.8 Å². The van der Waals surface area contributed by atoms with Crippen molar-refractivity contribution in [2.75, 3.05) is 6.61 Å². The number of aliphatic hydroxyl groups is 6. The largest absolute Gasteiger partial charge is 0.394 e. The van der Waals surface area contributed by atoms with Crippen molar-refractivity contribution in [1.82, 2.24) is 0 Å². The van der Waals surface area contributed by atoms with Crippen molar-refractivity contribution in [2.24, 2.45) is 5.41 Å². The van der Waals surface area contributed by atoms with Crippen LogP contribution in [0.1, 0.15) is 40.5 Å². The highest BCUT2D eigenvalue weighted by Gasteiger charge is 2.45. The van der Waals surface area contributed by atoms with Crippen LogP contribution in [-0.2, 0) is 9.47 Å². The smallest absolute Gasteiger partial charge is 0.187 e. The first-order chi connectivity index (χ1) is 12.4. The summed E-state index contributed by atoms with van der Waals surface area (Å²) < 4.78 is 10.9. The van der Waals surface area contributed by atoms with E-state index < -0.39 is 60.5 Å². The van der Waals surface area contributed by atoms with Gasteiger partial charge in [-0.2, -0.15) is 0 Å². The molecule has 0 bridgehead atoms. The van der Waals surface area contributed by atoms with Gasteiger partial charge in [-0.15, -0.1) is 5.73 Å². The van der Waals surface area contributed by atoms with E-state index >= 15 is 0 Å². The number of hydrogen-bond acceptors (Lipinski definition) is 8. The fourth-order valence-electron chi connectivity index (χ4n) is 4.04. The highest BCUT2D eigenvalue weighted by Crippen LogP contribution is 2.45. The SMILES string of the molecule is C[C@H](C=C=C1C(C)(C)C[C@H](O)C[C@@]1(C)O)O[C@@H]1O[C@H](CO)[C@@H](O)[C@H](O)[C@H]1O. The first kappa shape index (κ1) is 22.5. The molecule has 27 heavy (non-hydrogen) atoms. The summed E-state index contributed by atoms with van der Waals surface area (Å²) in [6, 6.07) is 0. The molecule has 1 heterocycles. The van der Waals surface area contributed by atoms with E-state index in [1.54, 1.807) is 19.9 Å². The Morgan fingerprint density at radius 3 is 2.33 bits per heavy atom. The molecule has 2 aliphatic rings. The molecular formula is C19H32O8. The molecule has 0 radical (unpaired) electrons. The molecule has 1 saturated heterocycles. The quantitative estimate of drug-likeness (QED) is 0.344. The zero-order valence-electron chi connectivity index (χ0n) is 16.2. The topological polar surface area (TPSA) is 140 Å². The maximum atomic E-state index is 10.7. The maximum Gasteiger partial charge on any atom is 0.187 e. The van der Waals surface area contributed by atoms with Crippen molar-refractivity contribution in [3.63, 3.8) is 0 Å². The molecule has 0 unspecified atom stereocenters. The van der Waals surface area contributed by atoms with Crippen LogP contribution in [0, 0.1) is 5.41 Å². The molecule has 0 aromatic heterocycles. The molecule has 0 aromatic rings. The molecule has 2 fully saturated rings. The molecule has 1 aliphatic heterocycles. The predicted octanol–water partition coefficient (Wildman–Crippen LogP) is -0.795. The lowest BCUT2D eigenvalue weighted by Crippen LogP contribution is -2.59. The van der Waals surface area contributed by atoms with Gasteiger partial charge >= 0.3 is 0 Å². The zero-order chi connectivity index (χ0) is 20.6. The van der Waals surface area contributed by atoms with E-state index in [0.717, 1.165) is 0 Å². The van der Waals surface area contributed by atoms with E-state index in [1.165, 1.54) is 0 Å². The van der Waals surface area contributed by atoms with Gasteiger partial charge in [-0.3, -0.25) is 0 Å². The van der Waals surface area contributed by atoms with Crippen LogP contribution in [0.3, 0.4) is 0 Å². The third-order valence-electron chi connectivity index (χ3n) is 5.25. The van der Waals surface area contributed by atoms with Crippen LogP contribution in [0.2, 0.25) is 0 Å². The van der Waals surface area contributed by atoms with Gasteiger partial charge in [-0.05, 0) is 31.8 Å². The Balaban J connectivity index is 2.16. The summed E-state index contributed by atoms with van der Waals surface area (Å²) in [5, 5.41) is 59.5. The number of rotatable bonds is 4. The summed E-state index contributed by atoms with van der Waals surface area (Å²) in [5.74, 6) is 0. The predicted molar refractivity (Wildman–Crippen MR) is 95.6 cm³/mol. The lowest BCUT2D eigenvalue weighted by molar-refractivity contribution is -0.306. The van der Waals surface area contributed by atoms with Crippen LogP contribution in [0.4, 0.5) is 0 Å². The monoisotopic (exact) mass is 388 g/mol. The molecule has 8 nitrogen and oxygen atoms in total. The number of aliphatic hydroxyl groups excluding tert-OH is 5. The molecule has 0 aromatic carbocycles. The second-order valence-electron chi connectivity index (χ2n) is 8.44. The summed E-state index contributed by atoms with van der Waals surface area (Å²) in [4.78, 5) is 0. The van der Waals surface area contributed by atoms with Gasteiger partial charge in [0.15, 0.2) is 6.29 Å². The molecule has 8 heteroatoms. The van der Waals surface area contributed by atoms with E-state index in [-0.39, 0.29) is 6.42 Å². The van der Waals surface area contributed by atoms with Gasteiger partial charge in [0, 0.05) is 12.0 Å². The molecular weight excluding hydrogens is 356 g/mol. The Labute approximate surface area is 159 Å². The molecule has 156 valence electrons. The van der Waals surface area contributed by atoms with Crippen molar-refractivity contribution < 1.29 is 40.1 Å². The summed E-state index contributed by atoms with van der Waals surface area (Å²) in [6.45, 7) is 6.62. The van der Waals surface area contributed by atoms with Crippen LogP contribution in [-0.4, -0.2) is 85.8 Å². The zero-order valence-corrected chi connectivity index (χ0v) is 16.2. The second-order valence-corrected chi connectivity index (χ2v) is 8.44. The van der Waals surface area contributed by atoms with Crippen molar-refractivity contribution in [2.45, 2.75) is 89.1 Å². The van der Waals surface area contributed by atoms with Crippen LogP contribution >= 0.6 is 0 Å².